The molecule has 1 aromatic heterocycles. The Morgan fingerprint density at radius 2 is 1.72 bits per heavy atom. The number of ether oxygens (including phenoxy) is 2. The molecule has 2 N–H and O–H groups in total. The van der Waals surface area contributed by atoms with Crippen molar-refractivity contribution >= 4 is 29.2 Å². The van der Waals surface area contributed by atoms with E-state index in [1.807, 2.05) is 7.05 Å². The quantitative estimate of drug-likeness (QED) is 0.464. The Hall–Kier alpha value is -2.97. The number of aryl methyl sites for hydroxylation is 1. The number of aromatic nitrogens is 2. The van der Waals surface area contributed by atoms with Crippen molar-refractivity contribution in [3.63, 3.8) is 0 Å². The first-order chi connectivity index (χ1) is 15.2. The summed E-state index contributed by atoms with van der Waals surface area (Å²) in [4.78, 5) is 17.3. The van der Waals surface area contributed by atoms with E-state index in [9.17, 15) is 9.18 Å². The van der Waals surface area contributed by atoms with Crippen LogP contribution in [0.3, 0.4) is 0 Å². The molecule has 0 aliphatic rings. The summed E-state index contributed by atoms with van der Waals surface area (Å²) in [7, 11) is 4.92. The lowest BCUT2D eigenvalue weighted by molar-refractivity contribution is 0.235. The maximum atomic E-state index is 13.9. The van der Waals surface area contributed by atoms with Gasteiger partial charge in [-0.25, -0.2) is 14.2 Å². The smallest absolute Gasteiger partial charge is 0.316 e. The van der Waals surface area contributed by atoms with Crippen LogP contribution in [0.4, 0.5) is 9.18 Å². The lowest BCUT2D eigenvalue weighted by atomic mass is 10.0. The number of imidazole rings is 1. The van der Waals surface area contributed by atoms with Crippen molar-refractivity contribution in [1.29, 1.82) is 0 Å². The molecule has 3 aromatic rings. The third-order valence-corrected chi connectivity index (χ3v) is 5.57. The average molecular weight is 481 g/mol. The van der Waals surface area contributed by atoms with Crippen molar-refractivity contribution in [1.82, 2.24) is 20.2 Å². The summed E-state index contributed by atoms with van der Waals surface area (Å²) in [6.45, 7) is 1.69. The SMILES string of the molecule is COc1cc(OC)cc(C(NC(=O)NC(C)c2cc(F)c(Cl)cc2Cl)c2nccn2C)c1. The first-order valence-electron chi connectivity index (χ1n) is 9.65. The van der Waals surface area contributed by atoms with Gasteiger partial charge >= 0.3 is 6.03 Å². The van der Waals surface area contributed by atoms with Gasteiger partial charge in [-0.05, 0) is 42.3 Å². The number of nitrogens with one attached hydrogen (secondary N) is 2. The standard InChI is InChI=1S/C22H23Cl2FN4O3/c1-12(16-10-19(25)18(24)11-17(16)23)27-22(30)28-20(21-26-5-6-29(21)2)13-7-14(31-3)9-15(8-13)32-4/h5-12,20H,1-4H3,(H2,27,28,30). The number of rotatable bonds is 7. The molecular weight excluding hydrogens is 458 g/mol. The van der Waals surface area contributed by atoms with Crippen LogP contribution in [0.25, 0.3) is 0 Å². The minimum absolute atomic E-state index is 0.0859. The zero-order chi connectivity index (χ0) is 23.4. The minimum Gasteiger partial charge on any atom is -0.497 e. The van der Waals surface area contributed by atoms with Gasteiger partial charge in [0, 0.05) is 30.5 Å². The van der Waals surface area contributed by atoms with E-state index in [1.165, 1.54) is 12.1 Å². The van der Waals surface area contributed by atoms with E-state index in [0.29, 0.717) is 28.5 Å². The molecule has 0 aliphatic carbocycles. The number of carbonyl (C=O) groups excluding carboxylic acids is 1. The van der Waals surface area contributed by atoms with Gasteiger partial charge in [0.05, 0.1) is 25.3 Å². The second-order valence-electron chi connectivity index (χ2n) is 7.10. The second kappa shape index (κ2) is 10.1. The highest BCUT2D eigenvalue weighted by molar-refractivity contribution is 6.35. The van der Waals surface area contributed by atoms with Crippen LogP contribution < -0.4 is 20.1 Å². The van der Waals surface area contributed by atoms with Crippen molar-refractivity contribution in [2.75, 3.05) is 14.2 Å². The topological polar surface area (TPSA) is 77.4 Å². The fourth-order valence-electron chi connectivity index (χ4n) is 3.27. The first kappa shape index (κ1) is 23.7. The molecule has 170 valence electrons. The maximum Gasteiger partial charge on any atom is 0.316 e. The molecule has 2 atom stereocenters. The zero-order valence-electron chi connectivity index (χ0n) is 17.9. The monoisotopic (exact) mass is 480 g/mol. The molecule has 2 amide bonds. The van der Waals surface area contributed by atoms with E-state index in [4.69, 9.17) is 32.7 Å². The molecule has 10 heteroatoms. The van der Waals surface area contributed by atoms with Crippen LogP contribution in [-0.4, -0.2) is 29.8 Å². The van der Waals surface area contributed by atoms with E-state index >= 15 is 0 Å². The Bertz CT molecular complexity index is 1100. The van der Waals surface area contributed by atoms with Gasteiger partial charge in [-0.2, -0.15) is 0 Å². The van der Waals surface area contributed by atoms with Crippen LogP contribution in [-0.2, 0) is 7.05 Å². The fraction of sp³-hybridized carbons (Fsp3) is 0.273. The minimum atomic E-state index is -0.622. The van der Waals surface area contributed by atoms with Crippen molar-refractivity contribution in [2.45, 2.75) is 19.0 Å². The average Bonchev–Trinajstić information content (AvgIpc) is 3.19. The van der Waals surface area contributed by atoms with Crippen LogP contribution in [0.15, 0.2) is 42.7 Å². The summed E-state index contributed by atoms with van der Waals surface area (Å²) >= 11 is 12.0. The Morgan fingerprint density at radius 3 is 2.28 bits per heavy atom. The number of hydrogen-bond donors (Lipinski definition) is 2. The van der Waals surface area contributed by atoms with Gasteiger partial charge in [-0.15, -0.1) is 0 Å². The summed E-state index contributed by atoms with van der Waals surface area (Å²) in [5.74, 6) is 1.11. The number of hydrogen-bond acceptors (Lipinski definition) is 4. The molecule has 1 heterocycles. The van der Waals surface area contributed by atoms with Gasteiger partial charge in [-0.3, -0.25) is 0 Å². The van der Waals surface area contributed by atoms with E-state index < -0.39 is 23.9 Å². The summed E-state index contributed by atoms with van der Waals surface area (Å²) in [6, 6.07) is 6.12. The van der Waals surface area contributed by atoms with E-state index in [1.54, 1.807) is 56.3 Å². The highest BCUT2D eigenvalue weighted by Gasteiger charge is 2.24. The van der Waals surface area contributed by atoms with Crippen LogP contribution >= 0.6 is 23.2 Å². The number of carbonyl (C=O) groups is 1. The van der Waals surface area contributed by atoms with E-state index in [2.05, 4.69) is 15.6 Å². The molecule has 0 fully saturated rings. The summed E-state index contributed by atoms with van der Waals surface area (Å²) in [5, 5.41) is 5.86. The molecular formula is C22H23Cl2FN4O3. The van der Waals surface area contributed by atoms with Gasteiger partial charge in [0.15, 0.2) is 0 Å². The highest BCUT2D eigenvalue weighted by Crippen LogP contribution is 2.31. The van der Waals surface area contributed by atoms with Crippen LogP contribution in [0.5, 0.6) is 11.5 Å². The largest absolute Gasteiger partial charge is 0.497 e. The molecule has 0 bridgehead atoms. The molecule has 3 rings (SSSR count). The molecule has 0 radical (unpaired) electrons. The van der Waals surface area contributed by atoms with E-state index in [-0.39, 0.29) is 10.0 Å². The number of halogens is 3. The molecule has 2 unspecified atom stereocenters. The van der Waals surface area contributed by atoms with Gasteiger partial charge in [0.2, 0.25) is 0 Å². The predicted octanol–water partition coefficient (Wildman–Crippen LogP) is 5.03. The Kier molecular flexibility index (Phi) is 7.48. The number of benzene rings is 2. The molecule has 32 heavy (non-hydrogen) atoms. The maximum absolute atomic E-state index is 13.9. The fourth-order valence-corrected chi connectivity index (χ4v) is 3.81. The molecule has 7 nitrogen and oxygen atoms in total. The van der Waals surface area contributed by atoms with Crippen molar-refractivity contribution in [3.05, 3.63) is 75.5 Å². The Labute approximate surface area is 195 Å². The van der Waals surface area contributed by atoms with Gasteiger partial charge in [0.25, 0.3) is 0 Å². The number of methoxy groups -OCH3 is 2. The third kappa shape index (κ3) is 5.26. The van der Waals surface area contributed by atoms with Gasteiger partial charge in [-0.1, -0.05) is 23.2 Å². The summed E-state index contributed by atoms with van der Waals surface area (Å²) in [6.07, 6.45) is 3.41. The number of urea groups is 1. The van der Waals surface area contributed by atoms with Crippen molar-refractivity contribution in [2.24, 2.45) is 7.05 Å². The second-order valence-corrected chi connectivity index (χ2v) is 7.92. The normalized spacial score (nSPS) is 12.7. The molecule has 0 aliphatic heterocycles. The first-order valence-corrected chi connectivity index (χ1v) is 10.4. The Balaban J connectivity index is 1.89. The summed E-state index contributed by atoms with van der Waals surface area (Å²) < 4.78 is 26.4. The lowest BCUT2D eigenvalue weighted by Crippen LogP contribution is -2.40. The predicted molar refractivity (Wildman–Crippen MR) is 121 cm³/mol. The molecule has 0 saturated carbocycles. The third-order valence-electron chi connectivity index (χ3n) is 4.95. The highest BCUT2D eigenvalue weighted by atomic mass is 35.5. The zero-order valence-corrected chi connectivity index (χ0v) is 19.5. The number of amides is 2. The van der Waals surface area contributed by atoms with Gasteiger partial charge < -0.3 is 24.7 Å². The Morgan fingerprint density at radius 1 is 1.06 bits per heavy atom. The van der Waals surface area contributed by atoms with Crippen molar-refractivity contribution < 1.29 is 18.7 Å². The summed E-state index contributed by atoms with van der Waals surface area (Å²) in [5.41, 5.74) is 1.11. The van der Waals surface area contributed by atoms with Gasteiger partial charge in [0.1, 0.15) is 29.2 Å². The number of nitrogens with zero attached hydrogens (tertiary/aromatic N) is 2. The van der Waals surface area contributed by atoms with Crippen LogP contribution in [0.2, 0.25) is 10.0 Å². The van der Waals surface area contributed by atoms with Crippen LogP contribution in [0.1, 0.15) is 36.0 Å². The van der Waals surface area contributed by atoms with Crippen LogP contribution in [0, 0.1) is 5.82 Å². The van der Waals surface area contributed by atoms with Crippen molar-refractivity contribution in [3.8, 4) is 11.5 Å². The lowest BCUT2D eigenvalue weighted by Gasteiger charge is -2.23. The van der Waals surface area contributed by atoms with E-state index in [0.717, 1.165) is 0 Å². The molecule has 2 aromatic carbocycles. The molecule has 0 spiro atoms. The molecule has 0 saturated heterocycles.